The average Bonchev–Trinajstić information content (AvgIpc) is 2.12. The van der Waals surface area contributed by atoms with Gasteiger partial charge < -0.3 is 25.5 Å². The second-order valence-corrected chi connectivity index (χ2v) is 2.31. The van der Waals surface area contributed by atoms with E-state index in [-0.39, 0.29) is 0 Å². The van der Waals surface area contributed by atoms with Gasteiger partial charge in [0.1, 0.15) is 24.9 Å². The number of hydrogen-bond donors (Lipinski definition) is 5. The fraction of sp³-hybridized carbons (Fsp3) is 0.833. The molecule has 6 nitrogen and oxygen atoms in total. The van der Waals surface area contributed by atoms with Gasteiger partial charge in [-0.15, -0.1) is 0 Å². The summed E-state index contributed by atoms with van der Waals surface area (Å²) in [7, 11) is 0. The van der Waals surface area contributed by atoms with Crippen LogP contribution >= 0.6 is 0 Å². The molecule has 0 aliphatic heterocycles. The highest BCUT2D eigenvalue weighted by Gasteiger charge is 2.28. The van der Waals surface area contributed by atoms with E-state index in [0.717, 1.165) is 0 Å². The Morgan fingerprint density at radius 3 is 2.00 bits per heavy atom. The highest BCUT2D eigenvalue weighted by Crippen LogP contribution is 2.00. The van der Waals surface area contributed by atoms with Crippen molar-refractivity contribution in [3.63, 3.8) is 0 Å². The van der Waals surface area contributed by atoms with Crippen LogP contribution in [0.25, 0.3) is 0 Å². The lowest BCUT2D eigenvalue weighted by Crippen LogP contribution is -2.44. The SMILES string of the molecule is O=[13C]([13CH2]O)[13C@H](O)[13C@H](O)[13C@@H](O)[13CH2]O. The highest BCUT2D eigenvalue weighted by molar-refractivity contribution is 5.84. The zero-order valence-electron chi connectivity index (χ0n) is 6.29. The van der Waals surface area contributed by atoms with Gasteiger partial charge in [-0.25, -0.2) is 0 Å². The Hall–Kier alpha value is -0.530. The zero-order chi connectivity index (χ0) is 9.72. The molecular weight excluding hydrogens is 174 g/mol. The minimum Gasteiger partial charge on any atom is -0.394 e. The summed E-state index contributed by atoms with van der Waals surface area (Å²) < 4.78 is 0. The highest BCUT2D eigenvalue weighted by atomic mass is 16.6. The molecule has 0 saturated carbocycles. The molecule has 6 heteroatoms. The molecule has 0 bridgehead atoms. The third-order valence-electron chi connectivity index (χ3n) is 1.39. The fourth-order valence-electron chi connectivity index (χ4n) is 0.602. The van der Waals surface area contributed by atoms with E-state index in [1.54, 1.807) is 0 Å². The first-order valence-corrected chi connectivity index (χ1v) is 3.33. The van der Waals surface area contributed by atoms with Gasteiger partial charge in [0.05, 0.1) is 6.61 Å². The lowest BCUT2D eigenvalue weighted by Gasteiger charge is -2.19. The van der Waals surface area contributed by atoms with Crippen molar-refractivity contribution in [2.75, 3.05) is 13.2 Å². The second kappa shape index (κ2) is 5.18. The van der Waals surface area contributed by atoms with Crippen LogP contribution in [0.15, 0.2) is 0 Å². The maximum absolute atomic E-state index is 10.5. The molecule has 0 spiro atoms. The Morgan fingerprint density at radius 2 is 1.67 bits per heavy atom. The first-order valence-electron chi connectivity index (χ1n) is 3.33. The number of aliphatic hydroxyl groups excluding tert-OH is 5. The van der Waals surface area contributed by atoms with Crippen molar-refractivity contribution in [2.24, 2.45) is 0 Å². The number of carbonyl (C=O) groups is 1. The normalized spacial score (nSPS) is 18.4. The summed E-state index contributed by atoms with van der Waals surface area (Å²) >= 11 is 0. The van der Waals surface area contributed by atoms with Crippen molar-refractivity contribution >= 4 is 5.78 Å². The zero-order valence-corrected chi connectivity index (χ0v) is 6.29. The monoisotopic (exact) mass is 186 g/mol. The van der Waals surface area contributed by atoms with Crippen LogP contribution in [0.1, 0.15) is 0 Å². The Labute approximate surface area is 68.7 Å². The number of hydrogen-bond acceptors (Lipinski definition) is 6. The number of Topliss-reactive ketones (excluding diaryl/α,β-unsaturated/α-hetero) is 1. The van der Waals surface area contributed by atoms with Crippen molar-refractivity contribution in [3.05, 3.63) is 0 Å². The number of ketones is 1. The van der Waals surface area contributed by atoms with Crippen LogP contribution in [0, 0.1) is 0 Å². The van der Waals surface area contributed by atoms with Crippen LogP contribution in [0.3, 0.4) is 0 Å². The third-order valence-corrected chi connectivity index (χ3v) is 1.39. The van der Waals surface area contributed by atoms with Gasteiger partial charge in [-0.2, -0.15) is 0 Å². The molecular formula is C6H12O6. The molecule has 0 rings (SSSR count). The molecule has 72 valence electrons. The summed E-state index contributed by atoms with van der Waals surface area (Å²) in [4.78, 5) is 10.5. The van der Waals surface area contributed by atoms with Crippen molar-refractivity contribution in [1.29, 1.82) is 0 Å². The van der Waals surface area contributed by atoms with E-state index in [2.05, 4.69) is 0 Å². The average molecular weight is 186 g/mol. The summed E-state index contributed by atoms with van der Waals surface area (Å²) in [5.41, 5.74) is 0. The quantitative estimate of drug-likeness (QED) is 0.286. The predicted molar refractivity (Wildman–Crippen MR) is 37.2 cm³/mol. The molecule has 0 aliphatic carbocycles. The van der Waals surface area contributed by atoms with E-state index >= 15 is 0 Å². The predicted octanol–water partition coefficient (Wildman–Crippen LogP) is -3.38. The van der Waals surface area contributed by atoms with Crippen LogP contribution in [0.4, 0.5) is 0 Å². The van der Waals surface area contributed by atoms with E-state index in [4.69, 9.17) is 25.5 Å². The molecule has 0 heterocycles. The summed E-state index contributed by atoms with van der Waals surface area (Å²) in [6, 6.07) is 0. The van der Waals surface area contributed by atoms with Gasteiger partial charge in [-0.1, -0.05) is 0 Å². The van der Waals surface area contributed by atoms with Gasteiger partial charge in [0, 0.05) is 0 Å². The van der Waals surface area contributed by atoms with Gasteiger partial charge in [0.15, 0.2) is 5.78 Å². The Bertz CT molecular complexity index is 147. The molecule has 0 amide bonds. The van der Waals surface area contributed by atoms with Crippen molar-refractivity contribution in [1.82, 2.24) is 0 Å². The number of aliphatic hydroxyl groups is 5. The molecule has 0 aromatic heterocycles. The summed E-state index contributed by atoms with van der Waals surface area (Å²) in [6.07, 6.45) is -5.22. The van der Waals surface area contributed by atoms with E-state index in [1.807, 2.05) is 0 Å². The van der Waals surface area contributed by atoms with Crippen LogP contribution in [-0.4, -0.2) is 62.8 Å². The van der Waals surface area contributed by atoms with Crippen LogP contribution in [0.5, 0.6) is 0 Å². The first kappa shape index (κ1) is 11.5. The van der Waals surface area contributed by atoms with Gasteiger partial charge in [0.2, 0.25) is 0 Å². The standard InChI is InChI=1S/C6H12O6/c7-1-3(9)5(11)6(12)4(10)2-8/h3,5-9,11-12H,1-2H2/t3-,5+,6-/m0/s1/i1+1,2+1,3+1,4+1,5+1,6+1. The molecule has 0 radical (unpaired) electrons. The van der Waals surface area contributed by atoms with Crippen molar-refractivity contribution < 1.29 is 30.3 Å². The molecule has 5 N–H and O–H groups in total. The molecule has 0 aliphatic rings. The summed E-state index contributed by atoms with van der Waals surface area (Å²) in [6.45, 7) is -1.69. The molecule has 3 atom stereocenters. The van der Waals surface area contributed by atoms with Crippen LogP contribution in [0.2, 0.25) is 0 Å². The van der Waals surface area contributed by atoms with E-state index in [0.29, 0.717) is 0 Å². The van der Waals surface area contributed by atoms with Gasteiger partial charge in [-0.3, -0.25) is 4.79 Å². The molecule has 0 unspecified atom stereocenters. The lowest BCUT2D eigenvalue weighted by molar-refractivity contribution is -0.142. The maximum atomic E-state index is 10.5. The smallest absolute Gasteiger partial charge is 0.189 e. The van der Waals surface area contributed by atoms with E-state index in [1.165, 1.54) is 0 Å². The minimum atomic E-state index is -1.86. The van der Waals surface area contributed by atoms with E-state index < -0.39 is 37.3 Å². The fourth-order valence-corrected chi connectivity index (χ4v) is 0.602. The molecule has 0 aromatic rings. The van der Waals surface area contributed by atoms with Crippen molar-refractivity contribution in [2.45, 2.75) is 18.3 Å². The van der Waals surface area contributed by atoms with Crippen molar-refractivity contribution in [3.8, 4) is 0 Å². The van der Waals surface area contributed by atoms with Gasteiger partial charge in [-0.05, 0) is 0 Å². The minimum absolute atomic E-state index is 0.767. The summed E-state index contributed by atoms with van der Waals surface area (Å²) in [5.74, 6) is -1.00. The molecule has 0 saturated heterocycles. The Balaban J connectivity index is 4.08. The van der Waals surface area contributed by atoms with Crippen LogP contribution < -0.4 is 0 Å². The second-order valence-electron chi connectivity index (χ2n) is 2.31. The van der Waals surface area contributed by atoms with Crippen LogP contribution in [-0.2, 0) is 4.79 Å². The number of carbonyl (C=O) groups excluding carboxylic acids is 1. The first-order chi connectivity index (χ1) is 5.54. The molecule has 12 heavy (non-hydrogen) atoms. The Kier molecular flexibility index (Phi) is 4.95. The largest absolute Gasteiger partial charge is 0.394 e. The number of rotatable bonds is 5. The molecule has 0 aromatic carbocycles. The van der Waals surface area contributed by atoms with Gasteiger partial charge >= 0.3 is 0 Å². The maximum Gasteiger partial charge on any atom is 0.189 e. The summed E-state index contributed by atoms with van der Waals surface area (Å²) in [5, 5.41) is 43.1. The lowest BCUT2D eigenvalue weighted by atomic mass is 11.0. The topological polar surface area (TPSA) is 118 Å². The van der Waals surface area contributed by atoms with Gasteiger partial charge in [0.25, 0.3) is 0 Å². The van der Waals surface area contributed by atoms with E-state index in [9.17, 15) is 4.79 Å². The molecule has 0 fully saturated rings. The Morgan fingerprint density at radius 1 is 1.17 bits per heavy atom. The third kappa shape index (κ3) is 2.84.